The van der Waals surface area contributed by atoms with Gasteiger partial charge in [-0.15, -0.1) is 0 Å². The molecule has 2 bridgehead atoms. The topological polar surface area (TPSA) is 101 Å². The number of carboxylic acids is 1. The van der Waals surface area contributed by atoms with Crippen molar-refractivity contribution in [3.8, 4) is 0 Å². The Balaban J connectivity index is 1.85. The van der Waals surface area contributed by atoms with E-state index < -0.39 is 34.3 Å². The number of aromatic carboxylic acids is 1. The van der Waals surface area contributed by atoms with Gasteiger partial charge in [0.05, 0.1) is 16.6 Å². The predicted octanol–water partition coefficient (Wildman–Crippen LogP) is 1.45. The van der Waals surface area contributed by atoms with Crippen molar-refractivity contribution >= 4 is 28.2 Å². The van der Waals surface area contributed by atoms with Crippen LogP contribution in [0.1, 0.15) is 35.7 Å². The van der Waals surface area contributed by atoms with E-state index in [4.69, 9.17) is 5.73 Å². The fraction of sp³-hybridized carbons (Fsp3) is 0.444. The number of aromatic nitrogens is 1. The van der Waals surface area contributed by atoms with E-state index in [-0.39, 0.29) is 34.7 Å². The van der Waals surface area contributed by atoms with Gasteiger partial charge in [-0.05, 0) is 19.3 Å². The molecule has 2 saturated heterocycles. The average Bonchev–Trinajstić information content (AvgIpc) is 3.26. The van der Waals surface area contributed by atoms with Crippen LogP contribution in [-0.2, 0) is 0 Å². The Labute approximate surface area is 152 Å². The molecule has 3 fully saturated rings. The van der Waals surface area contributed by atoms with E-state index in [1.54, 1.807) is 4.90 Å². The van der Waals surface area contributed by atoms with Gasteiger partial charge in [0.15, 0.2) is 11.6 Å². The van der Waals surface area contributed by atoms with Crippen LogP contribution in [0.2, 0.25) is 0 Å². The first-order valence-electron chi connectivity index (χ1n) is 8.97. The number of nitrogens with two attached hydrogens (primary N) is 1. The van der Waals surface area contributed by atoms with E-state index in [9.17, 15) is 14.7 Å². The third-order valence-electron chi connectivity index (χ3n) is 5.88. The van der Waals surface area contributed by atoms with Gasteiger partial charge < -0.3 is 25.6 Å². The van der Waals surface area contributed by atoms with E-state index in [2.05, 4.69) is 5.32 Å². The molecule has 2 aliphatic heterocycles. The van der Waals surface area contributed by atoms with Gasteiger partial charge in [-0.25, -0.2) is 13.6 Å². The normalized spacial score (nSPS) is 24.1. The quantitative estimate of drug-likeness (QED) is 0.701. The van der Waals surface area contributed by atoms with Crippen LogP contribution >= 0.6 is 0 Å². The highest BCUT2D eigenvalue weighted by molar-refractivity contribution is 5.99. The number of carbonyl (C=O) groups is 1. The Morgan fingerprint density at radius 3 is 2.56 bits per heavy atom. The number of fused-ring (bicyclic) bond motifs is 3. The second kappa shape index (κ2) is 5.41. The van der Waals surface area contributed by atoms with Gasteiger partial charge in [0.2, 0.25) is 5.43 Å². The van der Waals surface area contributed by atoms with Gasteiger partial charge in [0.25, 0.3) is 0 Å². The number of rotatable bonds is 3. The zero-order valence-corrected chi connectivity index (χ0v) is 14.3. The highest BCUT2D eigenvalue weighted by atomic mass is 19.1. The second-order valence-corrected chi connectivity index (χ2v) is 7.58. The molecule has 5 rings (SSSR count). The Kier molecular flexibility index (Phi) is 3.31. The molecular formula is C18H18F2N4O3. The maximum Gasteiger partial charge on any atom is 0.341 e. The summed E-state index contributed by atoms with van der Waals surface area (Å²) in [5.41, 5.74) is 3.63. The van der Waals surface area contributed by atoms with Crippen molar-refractivity contribution in [2.75, 3.05) is 23.7 Å². The lowest BCUT2D eigenvalue weighted by atomic mass is 10.1. The molecule has 0 spiro atoms. The molecule has 2 atom stereocenters. The summed E-state index contributed by atoms with van der Waals surface area (Å²) < 4.78 is 32.1. The van der Waals surface area contributed by atoms with E-state index in [0.717, 1.165) is 25.5 Å². The lowest BCUT2D eigenvalue weighted by molar-refractivity contribution is 0.0695. The van der Waals surface area contributed by atoms with Crippen LogP contribution < -0.4 is 21.4 Å². The molecule has 142 valence electrons. The van der Waals surface area contributed by atoms with Crippen molar-refractivity contribution in [2.24, 2.45) is 0 Å². The van der Waals surface area contributed by atoms with Crippen molar-refractivity contribution in [2.45, 2.75) is 37.4 Å². The number of hydrogen-bond donors (Lipinski definition) is 3. The largest absolute Gasteiger partial charge is 0.477 e. The molecule has 1 aromatic heterocycles. The van der Waals surface area contributed by atoms with Gasteiger partial charge in [-0.2, -0.15) is 0 Å². The minimum Gasteiger partial charge on any atom is -0.477 e. The summed E-state index contributed by atoms with van der Waals surface area (Å²) in [4.78, 5) is 25.7. The third kappa shape index (κ3) is 2.21. The average molecular weight is 376 g/mol. The van der Waals surface area contributed by atoms with Crippen LogP contribution in [-0.4, -0.2) is 40.8 Å². The molecular weight excluding hydrogens is 358 g/mol. The molecule has 2 aromatic rings. The fourth-order valence-corrected chi connectivity index (χ4v) is 4.43. The number of carboxylic acid groups (broad SMARTS) is 1. The molecule has 0 amide bonds. The maximum absolute atomic E-state index is 15.6. The molecule has 1 saturated carbocycles. The number of nitrogens with zero attached hydrogens (tertiary/aromatic N) is 2. The standard InChI is InChI=1S/C18H18F2N4O3/c19-12-14(21)11-15(13(20)16(12)23-5-7-3-9(23)4-22-7)24(8-1-2-8)6-10(17(11)25)18(26)27/h6-9,22H,1-5,21H2,(H,26,27)/t7-,9?/m1/s1. The highest BCUT2D eigenvalue weighted by Crippen LogP contribution is 2.43. The molecule has 1 unspecified atom stereocenters. The Hall–Kier alpha value is -2.68. The Morgan fingerprint density at radius 1 is 1.26 bits per heavy atom. The van der Waals surface area contributed by atoms with E-state index in [1.165, 1.54) is 4.57 Å². The van der Waals surface area contributed by atoms with E-state index in [0.29, 0.717) is 13.1 Å². The molecule has 7 nitrogen and oxygen atoms in total. The Morgan fingerprint density at radius 2 is 2.00 bits per heavy atom. The molecule has 1 aromatic carbocycles. The minimum atomic E-state index is -1.44. The van der Waals surface area contributed by atoms with E-state index >= 15 is 8.78 Å². The monoisotopic (exact) mass is 376 g/mol. The zero-order chi connectivity index (χ0) is 19.0. The fourth-order valence-electron chi connectivity index (χ4n) is 4.43. The summed E-state index contributed by atoms with van der Waals surface area (Å²) in [6.45, 7) is 1.10. The number of anilines is 2. The minimum absolute atomic E-state index is 0.0322. The first-order chi connectivity index (χ1) is 12.9. The highest BCUT2D eigenvalue weighted by Gasteiger charge is 2.41. The number of hydrogen-bond acceptors (Lipinski definition) is 5. The number of piperazine rings is 1. The van der Waals surface area contributed by atoms with Crippen molar-refractivity contribution < 1.29 is 18.7 Å². The van der Waals surface area contributed by atoms with Crippen molar-refractivity contribution in [1.29, 1.82) is 0 Å². The molecule has 9 heteroatoms. The number of nitrogens with one attached hydrogen (secondary N) is 1. The van der Waals surface area contributed by atoms with Crippen molar-refractivity contribution in [3.63, 3.8) is 0 Å². The molecule has 3 heterocycles. The lowest BCUT2D eigenvalue weighted by Gasteiger charge is -2.31. The third-order valence-corrected chi connectivity index (χ3v) is 5.88. The smallest absolute Gasteiger partial charge is 0.341 e. The van der Waals surface area contributed by atoms with Crippen LogP contribution in [0.3, 0.4) is 0 Å². The summed E-state index contributed by atoms with van der Waals surface area (Å²) in [6.07, 6.45) is 3.43. The SMILES string of the molecule is Nc1c(F)c(N2C[C@H]3CC2CN3)c(F)c2c1c(=O)c(C(=O)O)cn2C1CC1. The second-order valence-electron chi connectivity index (χ2n) is 7.58. The molecule has 0 radical (unpaired) electrons. The summed E-state index contributed by atoms with van der Waals surface area (Å²) in [5.74, 6) is -3.27. The van der Waals surface area contributed by atoms with Gasteiger partial charge in [0.1, 0.15) is 11.3 Å². The number of nitrogen functional groups attached to an aromatic ring is 1. The van der Waals surface area contributed by atoms with Crippen LogP contribution in [0.15, 0.2) is 11.0 Å². The molecule has 27 heavy (non-hydrogen) atoms. The predicted molar refractivity (Wildman–Crippen MR) is 95.3 cm³/mol. The van der Waals surface area contributed by atoms with Crippen LogP contribution in [0.25, 0.3) is 10.9 Å². The summed E-state index contributed by atoms with van der Waals surface area (Å²) >= 11 is 0. The van der Waals surface area contributed by atoms with E-state index in [1.807, 2.05) is 0 Å². The maximum atomic E-state index is 15.6. The molecule has 1 aliphatic carbocycles. The summed E-state index contributed by atoms with van der Waals surface area (Å²) in [7, 11) is 0. The van der Waals surface area contributed by atoms with Crippen molar-refractivity contribution in [3.05, 3.63) is 33.6 Å². The first-order valence-corrected chi connectivity index (χ1v) is 8.97. The van der Waals surface area contributed by atoms with Crippen molar-refractivity contribution in [1.82, 2.24) is 9.88 Å². The lowest BCUT2D eigenvalue weighted by Crippen LogP contribution is -2.44. The number of pyridine rings is 1. The summed E-state index contributed by atoms with van der Waals surface area (Å²) in [6, 6.07) is 0.0241. The van der Waals surface area contributed by atoms with Gasteiger partial charge in [-0.1, -0.05) is 0 Å². The Bertz CT molecular complexity index is 1060. The first kappa shape index (κ1) is 16.5. The zero-order valence-electron chi connectivity index (χ0n) is 14.3. The van der Waals surface area contributed by atoms with Gasteiger partial charge in [0, 0.05) is 37.4 Å². The van der Waals surface area contributed by atoms with Gasteiger partial charge >= 0.3 is 5.97 Å². The number of benzene rings is 1. The summed E-state index contributed by atoms with van der Waals surface area (Å²) in [5, 5.41) is 12.2. The van der Waals surface area contributed by atoms with Crippen LogP contribution in [0.5, 0.6) is 0 Å². The molecule has 4 N–H and O–H groups in total. The molecule has 3 aliphatic rings. The van der Waals surface area contributed by atoms with Crippen LogP contribution in [0, 0.1) is 11.6 Å². The van der Waals surface area contributed by atoms with Gasteiger partial charge in [-0.3, -0.25) is 4.79 Å². The van der Waals surface area contributed by atoms with Crippen LogP contribution in [0.4, 0.5) is 20.2 Å². The number of halogens is 2.